The van der Waals surface area contributed by atoms with Crippen LogP contribution < -0.4 is 5.32 Å². The molecule has 2 atom stereocenters. The van der Waals surface area contributed by atoms with Crippen molar-refractivity contribution in [3.63, 3.8) is 0 Å². The van der Waals surface area contributed by atoms with Crippen molar-refractivity contribution >= 4 is 17.7 Å². The number of carbonyl (C=O) groups is 1. The average molecular weight is 289 g/mol. The van der Waals surface area contributed by atoms with Gasteiger partial charge >= 0.3 is 5.97 Å². The van der Waals surface area contributed by atoms with Crippen LogP contribution in [-0.4, -0.2) is 49.4 Å². The van der Waals surface area contributed by atoms with Crippen LogP contribution >= 0.6 is 11.8 Å². The van der Waals surface area contributed by atoms with E-state index in [1.165, 1.54) is 12.8 Å². The van der Waals surface area contributed by atoms with Crippen molar-refractivity contribution < 1.29 is 14.3 Å². The van der Waals surface area contributed by atoms with Crippen LogP contribution in [0.5, 0.6) is 0 Å². The molecular formula is C14H27NO3S. The minimum atomic E-state index is -0.156. The van der Waals surface area contributed by atoms with Gasteiger partial charge in [-0.05, 0) is 44.9 Å². The van der Waals surface area contributed by atoms with E-state index in [2.05, 4.69) is 12.2 Å². The first kappa shape index (κ1) is 16.8. The van der Waals surface area contributed by atoms with Gasteiger partial charge in [0.25, 0.3) is 0 Å². The molecule has 0 aliphatic carbocycles. The Kier molecular flexibility index (Phi) is 9.30. The maximum atomic E-state index is 11.8. The molecular weight excluding hydrogens is 262 g/mol. The van der Waals surface area contributed by atoms with Gasteiger partial charge in [0.15, 0.2) is 0 Å². The molecule has 1 heterocycles. The van der Waals surface area contributed by atoms with E-state index in [0.29, 0.717) is 12.7 Å². The number of thioether (sulfide) groups is 1. The lowest BCUT2D eigenvalue weighted by atomic mass is 10.2. The highest BCUT2D eigenvalue weighted by Gasteiger charge is 2.19. The summed E-state index contributed by atoms with van der Waals surface area (Å²) in [4.78, 5) is 11.8. The minimum Gasteiger partial charge on any atom is -0.465 e. The Hall–Kier alpha value is -0.260. The lowest BCUT2D eigenvalue weighted by Crippen LogP contribution is -2.39. The molecule has 0 aromatic rings. The summed E-state index contributed by atoms with van der Waals surface area (Å²) < 4.78 is 10.7. The largest absolute Gasteiger partial charge is 0.465 e. The molecule has 5 heteroatoms. The fourth-order valence-electron chi connectivity index (χ4n) is 2.06. The third-order valence-corrected chi connectivity index (χ3v) is 4.22. The first-order valence-corrected chi connectivity index (χ1v) is 8.52. The predicted molar refractivity (Wildman–Crippen MR) is 79.6 cm³/mol. The van der Waals surface area contributed by atoms with Crippen LogP contribution in [-0.2, 0) is 14.3 Å². The van der Waals surface area contributed by atoms with Gasteiger partial charge < -0.3 is 14.8 Å². The Morgan fingerprint density at radius 2 is 2.37 bits per heavy atom. The summed E-state index contributed by atoms with van der Waals surface area (Å²) in [6, 6.07) is -0.156. The van der Waals surface area contributed by atoms with E-state index >= 15 is 0 Å². The molecule has 0 aromatic carbocycles. The second-order valence-electron chi connectivity index (χ2n) is 4.76. The Bertz CT molecular complexity index is 245. The molecule has 0 amide bonds. The van der Waals surface area contributed by atoms with Crippen molar-refractivity contribution in [2.75, 3.05) is 31.3 Å². The first-order valence-electron chi connectivity index (χ1n) is 7.37. The zero-order valence-corrected chi connectivity index (χ0v) is 13.0. The number of nitrogens with one attached hydrogen (secondary N) is 1. The zero-order chi connectivity index (χ0) is 13.9. The molecule has 1 fully saturated rings. The van der Waals surface area contributed by atoms with E-state index in [1.54, 1.807) is 0 Å². The van der Waals surface area contributed by atoms with Gasteiger partial charge in [-0.25, -0.2) is 0 Å². The maximum absolute atomic E-state index is 11.8. The van der Waals surface area contributed by atoms with Crippen molar-refractivity contribution in [2.45, 2.75) is 51.7 Å². The predicted octanol–water partition coefficient (Wildman–Crippen LogP) is 2.22. The molecule has 4 nitrogen and oxygen atoms in total. The van der Waals surface area contributed by atoms with Crippen molar-refractivity contribution in [3.05, 3.63) is 0 Å². The topological polar surface area (TPSA) is 47.6 Å². The van der Waals surface area contributed by atoms with E-state index in [0.717, 1.165) is 37.5 Å². The number of carbonyl (C=O) groups excluding carboxylic acids is 1. The van der Waals surface area contributed by atoms with Gasteiger partial charge in [0.2, 0.25) is 0 Å². The molecule has 19 heavy (non-hydrogen) atoms. The highest BCUT2D eigenvalue weighted by Crippen LogP contribution is 2.18. The van der Waals surface area contributed by atoms with Crippen LogP contribution in [0.3, 0.4) is 0 Å². The second-order valence-corrected chi connectivity index (χ2v) is 5.91. The normalized spacial score (nSPS) is 20.4. The van der Waals surface area contributed by atoms with Gasteiger partial charge in [-0.3, -0.25) is 4.79 Å². The summed E-state index contributed by atoms with van der Waals surface area (Å²) in [6.45, 7) is 6.17. The minimum absolute atomic E-state index is 0.117. The Labute approximate surface area is 121 Å². The number of esters is 1. The van der Waals surface area contributed by atoms with E-state index < -0.39 is 0 Å². The summed E-state index contributed by atoms with van der Waals surface area (Å²) in [5.74, 6) is 1.90. The van der Waals surface area contributed by atoms with Crippen molar-refractivity contribution in [1.29, 1.82) is 0 Å². The molecule has 0 aromatic heterocycles. The van der Waals surface area contributed by atoms with Crippen LogP contribution in [0.4, 0.5) is 0 Å². The maximum Gasteiger partial charge on any atom is 0.323 e. The van der Waals surface area contributed by atoms with Gasteiger partial charge in [-0.15, -0.1) is 0 Å². The molecule has 0 saturated carbocycles. The van der Waals surface area contributed by atoms with Crippen molar-refractivity contribution in [1.82, 2.24) is 5.32 Å². The monoisotopic (exact) mass is 289 g/mol. The molecule has 1 rings (SSSR count). The van der Waals surface area contributed by atoms with E-state index in [9.17, 15) is 4.79 Å². The highest BCUT2D eigenvalue weighted by molar-refractivity contribution is 7.99. The molecule has 0 spiro atoms. The Balaban J connectivity index is 2.16. The SMILES string of the molecule is CCCNC(CCSCC1CCCO1)C(=O)OCC. The van der Waals surface area contributed by atoms with Crippen LogP contribution in [0.1, 0.15) is 39.5 Å². The number of rotatable bonds is 10. The van der Waals surface area contributed by atoms with Gasteiger partial charge in [0.05, 0.1) is 12.7 Å². The van der Waals surface area contributed by atoms with E-state index in [1.807, 2.05) is 18.7 Å². The molecule has 1 N–H and O–H groups in total. The fraction of sp³-hybridized carbons (Fsp3) is 0.929. The van der Waals surface area contributed by atoms with Gasteiger partial charge in [0, 0.05) is 12.4 Å². The second kappa shape index (κ2) is 10.5. The summed E-state index contributed by atoms with van der Waals surface area (Å²) >= 11 is 1.88. The molecule has 1 aliphatic heterocycles. The zero-order valence-electron chi connectivity index (χ0n) is 12.2. The molecule has 112 valence electrons. The summed E-state index contributed by atoms with van der Waals surface area (Å²) in [6.07, 6.45) is 4.65. The Morgan fingerprint density at radius 3 is 3.00 bits per heavy atom. The van der Waals surface area contributed by atoms with Crippen molar-refractivity contribution in [2.24, 2.45) is 0 Å². The van der Waals surface area contributed by atoms with Crippen molar-refractivity contribution in [3.8, 4) is 0 Å². The lowest BCUT2D eigenvalue weighted by Gasteiger charge is -2.17. The van der Waals surface area contributed by atoms with Gasteiger partial charge in [0.1, 0.15) is 6.04 Å². The summed E-state index contributed by atoms with van der Waals surface area (Å²) in [5.41, 5.74) is 0. The number of ether oxygens (including phenoxy) is 2. The van der Waals surface area contributed by atoms with Crippen LogP contribution in [0, 0.1) is 0 Å². The smallest absolute Gasteiger partial charge is 0.323 e. The highest BCUT2D eigenvalue weighted by atomic mass is 32.2. The standard InChI is InChI=1S/C14H27NO3S/c1-3-8-15-13(14(16)17-4-2)7-10-19-11-12-6-5-9-18-12/h12-13,15H,3-11H2,1-2H3. The quantitative estimate of drug-likeness (QED) is 0.493. The Morgan fingerprint density at radius 1 is 1.53 bits per heavy atom. The molecule has 1 saturated heterocycles. The van der Waals surface area contributed by atoms with Gasteiger partial charge in [-0.1, -0.05) is 6.92 Å². The van der Waals surface area contributed by atoms with Crippen LogP contribution in [0.25, 0.3) is 0 Å². The number of hydrogen-bond donors (Lipinski definition) is 1. The molecule has 0 bridgehead atoms. The van der Waals surface area contributed by atoms with E-state index in [4.69, 9.17) is 9.47 Å². The third kappa shape index (κ3) is 7.18. The first-order chi connectivity index (χ1) is 9.27. The third-order valence-electron chi connectivity index (χ3n) is 3.09. The summed E-state index contributed by atoms with van der Waals surface area (Å²) in [5, 5.41) is 3.26. The van der Waals surface area contributed by atoms with Gasteiger partial charge in [-0.2, -0.15) is 11.8 Å². The fourth-order valence-corrected chi connectivity index (χ4v) is 3.15. The van der Waals surface area contributed by atoms with E-state index in [-0.39, 0.29) is 12.0 Å². The van der Waals surface area contributed by atoms with Crippen LogP contribution in [0.15, 0.2) is 0 Å². The molecule has 2 unspecified atom stereocenters. The summed E-state index contributed by atoms with van der Waals surface area (Å²) in [7, 11) is 0. The lowest BCUT2D eigenvalue weighted by molar-refractivity contribution is -0.145. The molecule has 1 aliphatic rings. The average Bonchev–Trinajstić information content (AvgIpc) is 2.91. The molecule has 0 radical (unpaired) electrons. The number of hydrogen-bond acceptors (Lipinski definition) is 5. The van der Waals surface area contributed by atoms with Crippen LogP contribution in [0.2, 0.25) is 0 Å².